The number of nitrogens with zero attached hydrogens (tertiary/aromatic N) is 1. The van der Waals surface area contributed by atoms with Crippen molar-refractivity contribution in [3.63, 3.8) is 0 Å². The molecule has 3 aromatic rings. The van der Waals surface area contributed by atoms with Crippen LogP contribution >= 0.6 is 23.2 Å². The third-order valence-corrected chi connectivity index (χ3v) is 4.67. The number of nitrogens with one attached hydrogen (secondary N) is 2. The lowest BCUT2D eigenvalue weighted by Crippen LogP contribution is -2.15. The molecule has 0 atom stereocenters. The summed E-state index contributed by atoms with van der Waals surface area (Å²) in [5.41, 5.74) is 3.34. The van der Waals surface area contributed by atoms with Crippen LogP contribution in [0.4, 0.5) is 5.69 Å². The average Bonchev–Trinajstić information content (AvgIpc) is 3.07. The molecule has 4 nitrogen and oxygen atoms in total. The molecule has 1 heterocycles. The Hall–Kier alpha value is -2.17. The number of benzene rings is 2. The van der Waals surface area contributed by atoms with E-state index in [2.05, 4.69) is 36.3 Å². The van der Waals surface area contributed by atoms with Crippen LogP contribution in [0.25, 0.3) is 0 Å². The Labute approximate surface area is 163 Å². The summed E-state index contributed by atoms with van der Waals surface area (Å²) in [6.07, 6.45) is 1.87. The molecule has 0 amide bonds. The Morgan fingerprint density at radius 2 is 1.69 bits per heavy atom. The fourth-order valence-electron chi connectivity index (χ4n) is 2.61. The van der Waals surface area contributed by atoms with Gasteiger partial charge in [0.25, 0.3) is 0 Å². The van der Waals surface area contributed by atoms with Crippen molar-refractivity contribution in [3.8, 4) is 11.5 Å². The number of aromatic amines is 1. The van der Waals surface area contributed by atoms with Crippen molar-refractivity contribution in [1.82, 2.24) is 10.2 Å². The van der Waals surface area contributed by atoms with Crippen LogP contribution in [-0.2, 0) is 12.0 Å². The van der Waals surface area contributed by atoms with Crippen molar-refractivity contribution in [2.75, 3.05) is 5.32 Å². The maximum absolute atomic E-state index is 6.01. The number of hydrogen-bond donors (Lipinski definition) is 2. The molecule has 0 aliphatic rings. The van der Waals surface area contributed by atoms with Gasteiger partial charge in [0.15, 0.2) is 0 Å². The van der Waals surface area contributed by atoms with E-state index in [9.17, 15) is 0 Å². The van der Waals surface area contributed by atoms with Crippen LogP contribution in [0.3, 0.4) is 0 Å². The standard InChI is InChI=1S/C20H21Cl2N3O/c1-20(2,3)19-13(12-24-25-19)11-23-14-4-6-15(7-5-14)26-16-8-9-17(21)18(22)10-16/h4-10,12,23H,11H2,1-3H3,(H,24,25). The Morgan fingerprint density at radius 1 is 1.00 bits per heavy atom. The van der Waals surface area contributed by atoms with Gasteiger partial charge in [-0.05, 0) is 36.4 Å². The zero-order valence-corrected chi connectivity index (χ0v) is 16.4. The van der Waals surface area contributed by atoms with Gasteiger partial charge in [0, 0.05) is 35.0 Å². The summed E-state index contributed by atoms with van der Waals surface area (Å²) < 4.78 is 5.80. The van der Waals surface area contributed by atoms with Gasteiger partial charge in [0.2, 0.25) is 0 Å². The van der Waals surface area contributed by atoms with E-state index in [1.165, 1.54) is 0 Å². The van der Waals surface area contributed by atoms with Crippen molar-refractivity contribution in [2.24, 2.45) is 0 Å². The maximum atomic E-state index is 6.01. The van der Waals surface area contributed by atoms with Gasteiger partial charge in [-0.3, -0.25) is 5.10 Å². The van der Waals surface area contributed by atoms with Gasteiger partial charge in [0.05, 0.1) is 16.2 Å². The summed E-state index contributed by atoms with van der Waals surface area (Å²) in [4.78, 5) is 0. The molecule has 136 valence electrons. The van der Waals surface area contributed by atoms with E-state index >= 15 is 0 Å². The summed E-state index contributed by atoms with van der Waals surface area (Å²) in [5, 5.41) is 11.7. The van der Waals surface area contributed by atoms with Crippen LogP contribution < -0.4 is 10.1 Å². The van der Waals surface area contributed by atoms with E-state index in [-0.39, 0.29) is 5.41 Å². The topological polar surface area (TPSA) is 49.9 Å². The molecule has 2 aromatic carbocycles. The summed E-state index contributed by atoms with van der Waals surface area (Å²) in [5.74, 6) is 1.38. The summed E-state index contributed by atoms with van der Waals surface area (Å²) >= 11 is 11.9. The second-order valence-corrected chi connectivity index (χ2v) is 7.89. The van der Waals surface area contributed by atoms with Gasteiger partial charge in [-0.25, -0.2) is 0 Å². The van der Waals surface area contributed by atoms with E-state index in [4.69, 9.17) is 27.9 Å². The van der Waals surface area contributed by atoms with Crippen molar-refractivity contribution in [1.29, 1.82) is 0 Å². The zero-order chi connectivity index (χ0) is 18.7. The van der Waals surface area contributed by atoms with Crippen LogP contribution in [0.5, 0.6) is 11.5 Å². The molecule has 0 spiro atoms. The first-order valence-corrected chi connectivity index (χ1v) is 9.08. The number of H-pyrrole nitrogens is 1. The number of hydrogen-bond acceptors (Lipinski definition) is 3. The molecule has 0 aliphatic heterocycles. The smallest absolute Gasteiger partial charge is 0.129 e. The highest BCUT2D eigenvalue weighted by atomic mass is 35.5. The molecule has 26 heavy (non-hydrogen) atoms. The Bertz CT molecular complexity index is 883. The van der Waals surface area contributed by atoms with Crippen LogP contribution in [0.2, 0.25) is 10.0 Å². The van der Waals surface area contributed by atoms with E-state index < -0.39 is 0 Å². The zero-order valence-electron chi connectivity index (χ0n) is 14.9. The maximum Gasteiger partial charge on any atom is 0.129 e. The highest BCUT2D eigenvalue weighted by Crippen LogP contribution is 2.30. The molecule has 0 fully saturated rings. The SMILES string of the molecule is CC(C)(C)c1[nH]ncc1CNc1ccc(Oc2ccc(Cl)c(Cl)c2)cc1. The third-order valence-electron chi connectivity index (χ3n) is 3.93. The van der Waals surface area contributed by atoms with Crippen molar-refractivity contribution >= 4 is 28.9 Å². The predicted molar refractivity (Wildman–Crippen MR) is 108 cm³/mol. The first-order valence-electron chi connectivity index (χ1n) is 8.32. The first kappa shape index (κ1) is 18.6. The summed E-state index contributed by atoms with van der Waals surface area (Å²) in [7, 11) is 0. The van der Waals surface area contributed by atoms with Gasteiger partial charge in [-0.15, -0.1) is 0 Å². The molecule has 0 unspecified atom stereocenters. The Morgan fingerprint density at radius 3 is 2.35 bits per heavy atom. The van der Waals surface area contributed by atoms with Crippen LogP contribution in [0.1, 0.15) is 32.0 Å². The molecule has 0 saturated carbocycles. The third kappa shape index (κ3) is 4.51. The molecule has 0 bridgehead atoms. The van der Waals surface area contributed by atoms with Crippen LogP contribution in [0.15, 0.2) is 48.7 Å². The normalized spacial score (nSPS) is 11.4. The number of halogens is 2. The monoisotopic (exact) mass is 389 g/mol. The molecule has 6 heteroatoms. The molecule has 3 rings (SSSR count). The second-order valence-electron chi connectivity index (χ2n) is 7.08. The second kappa shape index (κ2) is 7.60. The first-order chi connectivity index (χ1) is 12.3. The molecular weight excluding hydrogens is 369 g/mol. The summed E-state index contributed by atoms with van der Waals surface area (Å²) in [6.45, 7) is 7.20. The fraction of sp³-hybridized carbons (Fsp3) is 0.250. The molecule has 0 aliphatic carbocycles. The molecule has 0 saturated heterocycles. The van der Waals surface area contributed by atoms with Crippen molar-refractivity contribution < 1.29 is 4.74 Å². The lowest BCUT2D eigenvalue weighted by atomic mass is 9.89. The summed E-state index contributed by atoms with van der Waals surface area (Å²) in [6, 6.07) is 13.0. The highest BCUT2D eigenvalue weighted by molar-refractivity contribution is 6.42. The largest absolute Gasteiger partial charge is 0.457 e. The van der Waals surface area contributed by atoms with Crippen LogP contribution in [-0.4, -0.2) is 10.2 Å². The van der Waals surface area contributed by atoms with E-state index in [1.807, 2.05) is 30.5 Å². The fourth-order valence-corrected chi connectivity index (χ4v) is 2.90. The van der Waals surface area contributed by atoms with E-state index in [0.29, 0.717) is 22.3 Å². The predicted octanol–water partition coefficient (Wildman–Crippen LogP) is 6.42. The molecule has 0 radical (unpaired) electrons. The van der Waals surface area contributed by atoms with Gasteiger partial charge in [-0.1, -0.05) is 44.0 Å². The van der Waals surface area contributed by atoms with Gasteiger partial charge < -0.3 is 10.1 Å². The lowest BCUT2D eigenvalue weighted by molar-refractivity contribution is 0.483. The van der Waals surface area contributed by atoms with Gasteiger partial charge >= 0.3 is 0 Å². The van der Waals surface area contributed by atoms with Crippen molar-refractivity contribution in [3.05, 3.63) is 70.0 Å². The van der Waals surface area contributed by atoms with E-state index in [0.717, 1.165) is 22.7 Å². The minimum atomic E-state index is 0.0328. The van der Waals surface area contributed by atoms with Gasteiger partial charge in [-0.2, -0.15) is 5.10 Å². The van der Waals surface area contributed by atoms with Crippen molar-refractivity contribution in [2.45, 2.75) is 32.7 Å². The highest BCUT2D eigenvalue weighted by Gasteiger charge is 2.19. The molecule has 2 N–H and O–H groups in total. The van der Waals surface area contributed by atoms with Gasteiger partial charge in [0.1, 0.15) is 11.5 Å². The number of anilines is 1. The lowest BCUT2D eigenvalue weighted by Gasteiger charge is -2.18. The Kier molecular flexibility index (Phi) is 5.44. The number of aromatic nitrogens is 2. The van der Waals surface area contributed by atoms with E-state index in [1.54, 1.807) is 18.2 Å². The molecular formula is C20H21Cl2N3O. The average molecular weight is 390 g/mol. The number of rotatable bonds is 5. The van der Waals surface area contributed by atoms with Crippen LogP contribution in [0, 0.1) is 0 Å². The minimum Gasteiger partial charge on any atom is -0.457 e. The quantitative estimate of drug-likeness (QED) is 0.529. The molecule has 1 aromatic heterocycles. The number of ether oxygens (including phenoxy) is 1. The Balaban J connectivity index is 1.63. The minimum absolute atomic E-state index is 0.0328.